The molecule has 170 valence electrons. The molecule has 0 aliphatic carbocycles. The Kier molecular flexibility index (Phi) is 6.07. The van der Waals surface area contributed by atoms with Crippen LogP contribution in [0.4, 0.5) is 14.9 Å². The Hall–Kier alpha value is -3.83. The molecule has 1 amide bonds. The third-order valence-corrected chi connectivity index (χ3v) is 5.14. The van der Waals surface area contributed by atoms with Gasteiger partial charge in [-0.25, -0.2) is 19.2 Å². The molecule has 0 saturated heterocycles. The normalized spacial score (nSPS) is 11.5. The Balaban J connectivity index is 1.55. The minimum atomic E-state index is -3.65. The molecule has 0 spiro atoms. The van der Waals surface area contributed by atoms with Crippen molar-refractivity contribution in [1.82, 2.24) is 14.5 Å². The number of hydrogen-bond donors (Lipinski definition) is 1. The second kappa shape index (κ2) is 8.96. The van der Waals surface area contributed by atoms with E-state index in [-0.39, 0.29) is 29.3 Å². The van der Waals surface area contributed by atoms with Gasteiger partial charge < -0.3 is 10.1 Å². The van der Waals surface area contributed by atoms with E-state index < -0.39 is 22.0 Å². The van der Waals surface area contributed by atoms with Gasteiger partial charge >= 0.3 is 6.03 Å². The first kappa shape index (κ1) is 22.4. The molecule has 33 heavy (non-hydrogen) atoms. The van der Waals surface area contributed by atoms with Crippen molar-refractivity contribution in [3.05, 3.63) is 78.1 Å². The lowest BCUT2D eigenvalue weighted by Crippen LogP contribution is -2.18. The Labute approximate surface area is 188 Å². The molecule has 2 aromatic carbocycles. The first-order valence-corrected chi connectivity index (χ1v) is 11.5. The van der Waals surface area contributed by atoms with Gasteiger partial charge in [-0.2, -0.15) is 8.42 Å². The van der Waals surface area contributed by atoms with Gasteiger partial charge in [0.25, 0.3) is 10.1 Å². The summed E-state index contributed by atoms with van der Waals surface area (Å²) >= 11 is 0. The molecule has 0 aliphatic heterocycles. The van der Waals surface area contributed by atoms with Crippen LogP contribution in [0.1, 0.15) is 11.3 Å². The van der Waals surface area contributed by atoms with Gasteiger partial charge in [0.05, 0.1) is 17.5 Å². The number of amides is 1. The maximum atomic E-state index is 15.1. The summed E-state index contributed by atoms with van der Waals surface area (Å²) in [6, 6.07) is 12.6. The van der Waals surface area contributed by atoms with E-state index in [0.29, 0.717) is 11.2 Å². The summed E-state index contributed by atoms with van der Waals surface area (Å²) in [7, 11) is -3.65. The summed E-state index contributed by atoms with van der Waals surface area (Å²) in [5, 5.41) is 2.96. The maximum Gasteiger partial charge on any atom is 0.330 e. The molecule has 0 atom stereocenters. The van der Waals surface area contributed by atoms with Crippen molar-refractivity contribution in [3.8, 4) is 11.6 Å². The van der Waals surface area contributed by atoms with Crippen molar-refractivity contribution < 1.29 is 26.5 Å². The Morgan fingerprint density at radius 1 is 1.15 bits per heavy atom. The van der Waals surface area contributed by atoms with Crippen molar-refractivity contribution >= 4 is 32.7 Å². The number of nitrogens with one attached hydrogen (secondary N) is 1. The average molecular weight is 470 g/mol. The first-order valence-electron chi connectivity index (χ1n) is 9.70. The summed E-state index contributed by atoms with van der Waals surface area (Å²) in [5.41, 5.74) is 2.22. The number of halogens is 1. The lowest BCUT2D eigenvalue weighted by molar-refractivity contribution is 0.254. The van der Waals surface area contributed by atoms with Gasteiger partial charge in [-0.3, -0.25) is 8.75 Å². The standard InChI is InChI=1S/C22H19FN4O5S/c1-14-4-3-5-15(10-14)26-22(28)27-9-8-17-18(27)6-7-19(21(17)23)32-20-11-16(24-13-25-20)12-31-33(2,29)30/h3-11,13H,12H2,1-2H3,(H,26,28). The van der Waals surface area contributed by atoms with Crippen molar-refractivity contribution in [2.24, 2.45) is 0 Å². The predicted molar refractivity (Wildman–Crippen MR) is 119 cm³/mol. The van der Waals surface area contributed by atoms with E-state index in [1.807, 2.05) is 25.1 Å². The molecule has 0 aliphatic rings. The fraction of sp³-hybridized carbons (Fsp3) is 0.136. The average Bonchev–Trinajstić information content (AvgIpc) is 3.19. The summed E-state index contributed by atoms with van der Waals surface area (Å²) in [6.07, 6.45) is 3.54. The van der Waals surface area contributed by atoms with Crippen LogP contribution in [0, 0.1) is 12.7 Å². The zero-order valence-electron chi connectivity index (χ0n) is 17.6. The van der Waals surface area contributed by atoms with Crippen LogP contribution in [0.25, 0.3) is 10.9 Å². The maximum absolute atomic E-state index is 15.1. The van der Waals surface area contributed by atoms with Crippen LogP contribution in [0.3, 0.4) is 0 Å². The third-order valence-electron chi connectivity index (χ3n) is 4.59. The highest BCUT2D eigenvalue weighted by atomic mass is 32.2. The van der Waals surface area contributed by atoms with Crippen molar-refractivity contribution in [1.29, 1.82) is 0 Å². The van der Waals surface area contributed by atoms with Gasteiger partial charge in [0.1, 0.15) is 12.9 Å². The smallest absolute Gasteiger partial charge is 0.330 e. The number of aryl methyl sites for hydroxylation is 1. The molecular formula is C22H19FN4O5S. The molecule has 11 heteroatoms. The molecule has 0 fully saturated rings. The van der Waals surface area contributed by atoms with Crippen LogP contribution < -0.4 is 10.1 Å². The first-order chi connectivity index (χ1) is 15.7. The SMILES string of the molecule is Cc1cccc(NC(=O)n2ccc3c(F)c(Oc4cc(COS(C)(=O)=O)ncn4)ccc32)c1. The summed E-state index contributed by atoms with van der Waals surface area (Å²) in [5.74, 6) is -0.790. The van der Waals surface area contributed by atoms with E-state index in [1.54, 1.807) is 12.1 Å². The highest BCUT2D eigenvalue weighted by Gasteiger charge is 2.16. The van der Waals surface area contributed by atoms with Gasteiger partial charge in [0, 0.05) is 23.3 Å². The number of nitrogens with zero attached hydrogens (tertiary/aromatic N) is 3. The van der Waals surface area contributed by atoms with Crippen LogP contribution in [0.2, 0.25) is 0 Å². The minimum absolute atomic E-state index is 0.00646. The molecule has 0 saturated carbocycles. The number of carbonyl (C=O) groups is 1. The molecule has 0 bridgehead atoms. The second-order valence-electron chi connectivity index (χ2n) is 7.21. The highest BCUT2D eigenvalue weighted by Crippen LogP contribution is 2.30. The fourth-order valence-electron chi connectivity index (χ4n) is 3.11. The van der Waals surface area contributed by atoms with E-state index in [2.05, 4.69) is 19.5 Å². The molecule has 2 aromatic heterocycles. The molecule has 4 aromatic rings. The van der Waals surface area contributed by atoms with Gasteiger partial charge in [-0.1, -0.05) is 12.1 Å². The largest absolute Gasteiger partial charge is 0.436 e. The van der Waals surface area contributed by atoms with E-state index in [0.717, 1.165) is 18.1 Å². The number of rotatable bonds is 6. The van der Waals surface area contributed by atoms with Crippen molar-refractivity contribution in [3.63, 3.8) is 0 Å². The van der Waals surface area contributed by atoms with Gasteiger partial charge in [0.15, 0.2) is 11.6 Å². The fourth-order valence-corrected chi connectivity index (χ4v) is 3.45. The Morgan fingerprint density at radius 2 is 1.97 bits per heavy atom. The van der Waals surface area contributed by atoms with Crippen LogP contribution in [-0.2, 0) is 20.9 Å². The number of fused-ring (bicyclic) bond motifs is 1. The quantitative estimate of drug-likeness (QED) is 0.420. The van der Waals surface area contributed by atoms with Gasteiger partial charge in [-0.15, -0.1) is 0 Å². The zero-order valence-corrected chi connectivity index (χ0v) is 18.5. The van der Waals surface area contributed by atoms with E-state index in [1.165, 1.54) is 29.0 Å². The lowest BCUT2D eigenvalue weighted by Gasteiger charge is -2.10. The molecule has 9 nitrogen and oxygen atoms in total. The number of benzene rings is 2. The topological polar surface area (TPSA) is 112 Å². The number of ether oxygens (including phenoxy) is 1. The molecule has 2 heterocycles. The van der Waals surface area contributed by atoms with E-state index >= 15 is 4.39 Å². The van der Waals surface area contributed by atoms with E-state index in [4.69, 9.17) is 4.74 Å². The summed E-state index contributed by atoms with van der Waals surface area (Å²) in [4.78, 5) is 20.5. The second-order valence-corrected chi connectivity index (χ2v) is 8.86. The van der Waals surface area contributed by atoms with Crippen LogP contribution in [0.5, 0.6) is 11.6 Å². The van der Waals surface area contributed by atoms with Gasteiger partial charge in [0.2, 0.25) is 5.88 Å². The van der Waals surface area contributed by atoms with Crippen LogP contribution in [0.15, 0.2) is 61.1 Å². The number of anilines is 1. The van der Waals surface area contributed by atoms with Gasteiger partial charge in [-0.05, 0) is 42.8 Å². The van der Waals surface area contributed by atoms with E-state index in [9.17, 15) is 13.2 Å². The number of aromatic nitrogens is 3. The Bertz CT molecular complexity index is 1450. The molecule has 1 N–H and O–H groups in total. The monoisotopic (exact) mass is 470 g/mol. The lowest BCUT2D eigenvalue weighted by atomic mass is 10.2. The zero-order chi connectivity index (χ0) is 23.6. The number of carbonyl (C=O) groups excluding carboxylic acids is 1. The van der Waals surface area contributed by atoms with Crippen LogP contribution >= 0.6 is 0 Å². The summed E-state index contributed by atoms with van der Waals surface area (Å²) < 4.78 is 48.9. The van der Waals surface area contributed by atoms with Crippen LogP contribution in [-0.4, -0.2) is 35.2 Å². The van der Waals surface area contributed by atoms with Crippen molar-refractivity contribution in [2.45, 2.75) is 13.5 Å². The third kappa shape index (κ3) is 5.33. The summed E-state index contributed by atoms with van der Waals surface area (Å²) in [6.45, 7) is 1.61. The minimum Gasteiger partial charge on any atom is -0.436 e. The predicted octanol–water partition coefficient (Wildman–Crippen LogP) is 4.23. The molecule has 4 rings (SSSR count). The molecule has 0 radical (unpaired) electrons. The highest BCUT2D eigenvalue weighted by molar-refractivity contribution is 7.85. The number of hydrogen-bond acceptors (Lipinski definition) is 7. The molecule has 0 unspecified atom stereocenters. The Morgan fingerprint density at radius 3 is 2.73 bits per heavy atom. The molecular weight excluding hydrogens is 451 g/mol. The van der Waals surface area contributed by atoms with Crippen molar-refractivity contribution in [2.75, 3.05) is 11.6 Å².